The minimum atomic E-state index is -0.500. The zero-order valence-electron chi connectivity index (χ0n) is 10.8. The Morgan fingerprint density at radius 1 is 1.43 bits per heavy atom. The molecule has 1 atom stereocenters. The van der Waals surface area contributed by atoms with Gasteiger partial charge in [0.15, 0.2) is 0 Å². The molecule has 6 nitrogen and oxygen atoms in total. The third-order valence-corrected chi connectivity index (χ3v) is 3.22. The van der Waals surface area contributed by atoms with Crippen LogP contribution in [0.4, 0.5) is 4.39 Å². The van der Waals surface area contributed by atoms with Gasteiger partial charge in [0.25, 0.3) is 0 Å². The summed E-state index contributed by atoms with van der Waals surface area (Å²) in [7, 11) is 0. The van der Waals surface area contributed by atoms with Crippen molar-refractivity contribution in [3.63, 3.8) is 0 Å². The molecule has 3 aromatic rings. The number of nitrogens with one attached hydrogen (secondary N) is 1. The van der Waals surface area contributed by atoms with Gasteiger partial charge in [0.05, 0.1) is 17.4 Å². The van der Waals surface area contributed by atoms with Crippen LogP contribution in [0, 0.1) is 5.82 Å². The minimum Gasteiger partial charge on any atom is -0.348 e. The SMILES string of the molecule is N[C@H](Cc1cnc[nH]1)c1nc(-c2ccc(F)c(Cl)c2)no1. The summed E-state index contributed by atoms with van der Waals surface area (Å²) >= 11 is 5.73. The molecule has 0 fully saturated rings. The van der Waals surface area contributed by atoms with Gasteiger partial charge in [0, 0.05) is 23.9 Å². The highest BCUT2D eigenvalue weighted by atomic mass is 35.5. The van der Waals surface area contributed by atoms with E-state index in [9.17, 15) is 4.39 Å². The molecule has 3 N–H and O–H groups in total. The molecule has 108 valence electrons. The number of nitrogens with two attached hydrogens (primary N) is 1. The number of imidazole rings is 1. The first-order valence-electron chi connectivity index (χ1n) is 6.15. The number of rotatable bonds is 4. The monoisotopic (exact) mass is 307 g/mol. The van der Waals surface area contributed by atoms with E-state index in [1.165, 1.54) is 18.2 Å². The molecule has 0 saturated heterocycles. The van der Waals surface area contributed by atoms with Crippen LogP contribution in [0.25, 0.3) is 11.4 Å². The summed E-state index contributed by atoms with van der Waals surface area (Å²) in [5.74, 6) is 0.104. The minimum absolute atomic E-state index is 0.000563. The maximum atomic E-state index is 13.1. The molecule has 3 rings (SSSR count). The van der Waals surface area contributed by atoms with Crippen molar-refractivity contribution in [2.45, 2.75) is 12.5 Å². The van der Waals surface area contributed by atoms with E-state index in [2.05, 4.69) is 20.1 Å². The second kappa shape index (κ2) is 5.63. The number of aromatic nitrogens is 4. The molecule has 0 aliphatic rings. The number of H-pyrrole nitrogens is 1. The van der Waals surface area contributed by atoms with Gasteiger partial charge in [-0.1, -0.05) is 16.8 Å². The van der Waals surface area contributed by atoms with E-state index < -0.39 is 11.9 Å². The molecule has 0 amide bonds. The number of hydrogen-bond acceptors (Lipinski definition) is 5. The summed E-state index contributed by atoms with van der Waals surface area (Å²) in [4.78, 5) is 11.1. The van der Waals surface area contributed by atoms with E-state index in [0.717, 1.165) is 5.69 Å². The van der Waals surface area contributed by atoms with Crippen molar-refractivity contribution in [2.24, 2.45) is 5.73 Å². The number of nitrogens with zero attached hydrogens (tertiary/aromatic N) is 3. The molecule has 0 unspecified atom stereocenters. The average molecular weight is 308 g/mol. The molecular formula is C13H11ClFN5O. The predicted octanol–water partition coefficient (Wildman–Crippen LogP) is 2.49. The van der Waals surface area contributed by atoms with Crippen LogP contribution in [0.2, 0.25) is 5.02 Å². The van der Waals surface area contributed by atoms with Crippen LogP contribution < -0.4 is 5.73 Å². The average Bonchev–Trinajstić information content (AvgIpc) is 3.12. The van der Waals surface area contributed by atoms with Crippen molar-refractivity contribution in [3.8, 4) is 11.4 Å². The number of aromatic amines is 1. The van der Waals surface area contributed by atoms with Gasteiger partial charge in [-0.2, -0.15) is 4.98 Å². The predicted molar refractivity (Wildman–Crippen MR) is 73.9 cm³/mol. The number of halogens is 2. The van der Waals surface area contributed by atoms with Crippen molar-refractivity contribution < 1.29 is 8.91 Å². The van der Waals surface area contributed by atoms with Gasteiger partial charge in [-0.3, -0.25) is 0 Å². The largest absolute Gasteiger partial charge is 0.348 e. The molecule has 0 bridgehead atoms. The summed E-state index contributed by atoms with van der Waals surface area (Å²) in [6.07, 6.45) is 3.74. The Labute approximate surface area is 124 Å². The zero-order chi connectivity index (χ0) is 14.8. The van der Waals surface area contributed by atoms with Gasteiger partial charge in [-0.05, 0) is 18.2 Å². The fourth-order valence-corrected chi connectivity index (χ4v) is 2.04. The second-order valence-electron chi connectivity index (χ2n) is 4.47. The lowest BCUT2D eigenvalue weighted by Gasteiger charge is -2.03. The first-order chi connectivity index (χ1) is 10.1. The topological polar surface area (TPSA) is 93.6 Å². The Kier molecular flexibility index (Phi) is 3.68. The van der Waals surface area contributed by atoms with Gasteiger partial charge in [0.2, 0.25) is 11.7 Å². The summed E-state index contributed by atoms with van der Waals surface area (Å²) in [6.45, 7) is 0. The van der Waals surface area contributed by atoms with Gasteiger partial charge < -0.3 is 15.2 Å². The summed E-state index contributed by atoms with van der Waals surface area (Å²) in [5, 5.41) is 3.84. The van der Waals surface area contributed by atoms with Crippen LogP contribution in [-0.4, -0.2) is 20.1 Å². The van der Waals surface area contributed by atoms with E-state index in [1.54, 1.807) is 12.5 Å². The molecule has 0 spiro atoms. The highest BCUT2D eigenvalue weighted by Crippen LogP contribution is 2.24. The Balaban J connectivity index is 1.80. The Bertz CT molecular complexity index is 743. The highest BCUT2D eigenvalue weighted by molar-refractivity contribution is 6.31. The Morgan fingerprint density at radius 3 is 3.00 bits per heavy atom. The quantitative estimate of drug-likeness (QED) is 0.772. The lowest BCUT2D eigenvalue weighted by atomic mass is 10.2. The maximum Gasteiger partial charge on any atom is 0.244 e. The van der Waals surface area contributed by atoms with Crippen LogP contribution in [0.15, 0.2) is 35.2 Å². The maximum absolute atomic E-state index is 13.1. The molecule has 8 heteroatoms. The smallest absolute Gasteiger partial charge is 0.244 e. The highest BCUT2D eigenvalue weighted by Gasteiger charge is 2.17. The lowest BCUT2D eigenvalue weighted by Crippen LogP contribution is -2.13. The third-order valence-electron chi connectivity index (χ3n) is 2.93. The first-order valence-corrected chi connectivity index (χ1v) is 6.53. The van der Waals surface area contributed by atoms with E-state index in [4.69, 9.17) is 21.9 Å². The van der Waals surface area contributed by atoms with Crippen molar-refractivity contribution in [3.05, 3.63) is 53.1 Å². The molecule has 2 aromatic heterocycles. The fraction of sp³-hybridized carbons (Fsp3) is 0.154. The van der Waals surface area contributed by atoms with Crippen molar-refractivity contribution in [1.82, 2.24) is 20.1 Å². The van der Waals surface area contributed by atoms with Crippen molar-refractivity contribution in [2.75, 3.05) is 0 Å². The van der Waals surface area contributed by atoms with Crippen LogP contribution >= 0.6 is 11.6 Å². The second-order valence-corrected chi connectivity index (χ2v) is 4.88. The van der Waals surface area contributed by atoms with E-state index in [-0.39, 0.29) is 5.02 Å². The Hall–Kier alpha value is -2.25. The van der Waals surface area contributed by atoms with Gasteiger partial charge >= 0.3 is 0 Å². The van der Waals surface area contributed by atoms with Gasteiger partial charge in [-0.25, -0.2) is 9.37 Å². The lowest BCUT2D eigenvalue weighted by molar-refractivity contribution is 0.354. The molecule has 1 aromatic carbocycles. The van der Waals surface area contributed by atoms with Crippen LogP contribution in [0.3, 0.4) is 0 Å². The van der Waals surface area contributed by atoms with Crippen LogP contribution in [0.1, 0.15) is 17.6 Å². The van der Waals surface area contributed by atoms with Crippen LogP contribution in [-0.2, 0) is 6.42 Å². The Morgan fingerprint density at radius 2 is 2.29 bits per heavy atom. The third kappa shape index (κ3) is 2.93. The summed E-state index contributed by atoms with van der Waals surface area (Å²) in [5.41, 5.74) is 7.43. The van der Waals surface area contributed by atoms with Crippen molar-refractivity contribution in [1.29, 1.82) is 0 Å². The molecule has 0 radical (unpaired) electrons. The van der Waals surface area contributed by atoms with Crippen molar-refractivity contribution >= 4 is 11.6 Å². The fourth-order valence-electron chi connectivity index (χ4n) is 1.86. The molecule has 2 heterocycles. The van der Waals surface area contributed by atoms with Gasteiger partial charge in [-0.15, -0.1) is 0 Å². The van der Waals surface area contributed by atoms with E-state index >= 15 is 0 Å². The van der Waals surface area contributed by atoms with Gasteiger partial charge in [0.1, 0.15) is 5.82 Å². The normalized spacial score (nSPS) is 12.5. The standard InChI is InChI=1S/C13H11ClFN5O/c14-9-3-7(1-2-10(9)15)12-19-13(21-20-12)11(16)4-8-5-17-6-18-8/h1-3,5-6,11H,4,16H2,(H,17,18)/t11-/m1/s1. The molecule has 0 aliphatic heterocycles. The number of hydrogen-bond donors (Lipinski definition) is 2. The van der Waals surface area contributed by atoms with Crippen LogP contribution in [0.5, 0.6) is 0 Å². The first kappa shape index (κ1) is 13.7. The summed E-state index contributed by atoms with van der Waals surface area (Å²) < 4.78 is 18.3. The molecule has 0 aliphatic carbocycles. The van der Waals surface area contributed by atoms with E-state index in [0.29, 0.717) is 23.7 Å². The summed E-state index contributed by atoms with van der Waals surface area (Å²) in [6, 6.07) is 3.75. The molecular weight excluding hydrogens is 297 g/mol. The number of benzene rings is 1. The molecule has 0 saturated carbocycles. The zero-order valence-corrected chi connectivity index (χ0v) is 11.5. The molecule has 21 heavy (non-hydrogen) atoms. The van der Waals surface area contributed by atoms with E-state index in [1.807, 2.05) is 0 Å².